The Morgan fingerprint density at radius 1 is 0.949 bits per heavy atom. The van der Waals surface area contributed by atoms with Gasteiger partial charge in [0.05, 0.1) is 15.6 Å². The Kier molecular flexibility index (Phi) is 10.7. The lowest BCUT2D eigenvalue weighted by Gasteiger charge is -2.32. The average molecular weight is 611 g/mol. The molecule has 0 aliphatic rings. The monoisotopic (exact) mass is 609 g/mol. The second kappa shape index (κ2) is 13.5. The lowest BCUT2D eigenvalue weighted by molar-refractivity contribution is -0.139. The highest BCUT2D eigenvalue weighted by atomic mass is 35.5. The maximum atomic E-state index is 13.9. The molecule has 208 valence electrons. The summed E-state index contributed by atoms with van der Waals surface area (Å²) in [5, 5.41) is 3.68. The van der Waals surface area contributed by atoms with Crippen LogP contribution in [0.4, 0.5) is 5.69 Å². The molecule has 2 amide bonds. The lowest BCUT2D eigenvalue weighted by atomic mass is 10.1. The number of amides is 2. The van der Waals surface area contributed by atoms with Crippen LogP contribution in [-0.4, -0.2) is 44.3 Å². The summed E-state index contributed by atoms with van der Waals surface area (Å²) < 4.78 is 28.6. The molecule has 1 N–H and O–H groups in total. The van der Waals surface area contributed by atoms with Gasteiger partial charge >= 0.3 is 0 Å². The molecule has 3 aromatic carbocycles. The van der Waals surface area contributed by atoms with Gasteiger partial charge in [-0.1, -0.05) is 77.6 Å². The maximum absolute atomic E-state index is 13.9. The smallest absolute Gasteiger partial charge is 0.264 e. The molecule has 0 bridgehead atoms. The fourth-order valence-corrected chi connectivity index (χ4v) is 6.01. The number of carbonyl (C=O) groups is 2. The number of carbonyl (C=O) groups excluding carboxylic acids is 2. The molecule has 3 aromatic rings. The number of benzene rings is 3. The Morgan fingerprint density at radius 3 is 2.23 bits per heavy atom. The molecule has 1 atom stereocenters. The van der Waals surface area contributed by atoms with Gasteiger partial charge in [-0.25, -0.2) is 8.42 Å². The molecule has 3 rings (SSSR count). The fourth-order valence-electron chi connectivity index (χ4n) is 3.82. The molecule has 7 nitrogen and oxygen atoms in total. The quantitative estimate of drug-likeness (QED) is 0.285. The Balaban J connectivity index is 2.05. The van der Waals surface area contributed by atoms with E-state index in [1.54, 1.807) is 55.5 Å². The topological polar surface area (TPSA) is 86.8 Å². The molecule has 0 aliphatic carbocycles. The predicted molar refractivity (Wildman–Crippen MR) is 157 cm³/mol. The van der Waals surface area contributed by atoms with Crippen molar-refractivity contribution in [2.45, 2.75) is 44.7 Å². The first-order chi connectivity index (χ1) is 18.4. The minimum absolute atomic E-state index is 0.00172. The molecule has 0 aromatic heterocycles. The molecule has 0 heterocycles. The van der Waals surface area contributed by atoms with E-state index in [0.29, 0.717) is 28.6 Å². The van der Waals surface area contributed by atoms with Crippen LogP contribution < -0.4 is 9.62 Å². The van der Waals surface area contributed by atoms with E-state index in [0.717, 1.165) is 9.87 Å². The number of rotatable bonds is 11. The molecular formula is C28H30Cl3N3O4S. The zero-order chi connectivity index (χ0) is 28.7. The van der Waals surface area contributed by atoms with Crippen LogP contribution in [0.15, 0.2) is 71.6 Å². The van der Waals surface area contributed by atoms with Crippen molar-refractivity contribution in [3.8, 4) is 0 Å². The van der Waals surface area contributed by atoms with E-state index in [4.69, 9.17) is 34.8 Å². The first-order valence-electron chi connectivity index (χ1n) is 12.3. The van der Waals surface area contributed by atoms with Crippen LogP contribution in [0, 0.1) is 6.92 Å². The number of nitrogens with zero attached hydrogens (tertiary/aromatic N) is 2. The average Bonchev–Trinajstić information content (AvgIpc) is 2.90. The van der Waals surface area contributed by atoms with E-state index in [1.807, 2.05) is 13.8 Å². The number of hydrogen-bond donors (Lipinski definition) is 1. The normalized spacial score (nSPS) is 12.1. The van der Waals surface area contributed by atoms with Crippen LogP contribution in [0.25, 0.3) is 0 Å². The van der Waals surface area contributed by atoms with Gasteiger partial charge in [0.2, 0.25) is 11.8 Å². The van der Waals surface area contributed by atoms with Crippen LogP contribution in [0.5, 0.6) is 0 Å². The zero-order valence-corrected chi connectivity index (χ0v) is 24.9. The summed E-state index contributed by atoms with van der Waals surface area (Å²) in [6.45, 7) is 5.13. The van der Waals surface area contributed by atoms with E-state index < -0.39 is 28.5 Å². The molecule has 0 fully saturated rings. The highest BCUT2D eigenvalue weighted by Crippen LogP contribution is 2.31. The van der Waals surface area contributed by atoms with Crippen LogP contribution in [0.2, 0.25) is 15.1 Å². The highest BCUT2D eigenvalue weighted by molar-refractivity contribution is 7.92. The van der Waals surface area contributed by atoms with E-state index in [1.165, 1.54) is 23.1 Å². The van der Waals surface area contributed by atoms with Crippen LogP contribution in [0.3, 0.4) is 0 Å². The highest BCUT2D eigenvalue weighted by Gasteiger charge is 2.33. The lowest BCUT2D eigenvalue weighted by Crippen LogP contribution is -2.51. The minimum Gasteiger partial charge on any atom is -0.354 e. The van der Waals surface area contributed by atoms with Gasteiger partial charge in [-0.15, -0.1) is 0 Å². The van der Waals surface area contributed by atoms with Crippen molar-refractivity contribution >= 4 is 62.3 Å². The largest absolute Gasteiger partial charge is 0.354 e. The number of aryl methyl sites for hydroxylation is 1. The van der Waals surface area contributed by atoms with Crippen LogP contribution in [0.1, 0.15) is 31.4 Å². The summed E-state index contributed by atoms with van der Waals surface area (Å²) in [4.78, 5) is 28.1. The summed E-state index contributed by atoms with van der Waals surface area (Å²) in [7, 11) is -4.21. The van der Waals surface area contributed by atoms with Gasteiger partial charge in [0, 0.05) is 23.1 Å². The summed E-state index contributed by atoms with van der Waals surface area (Å²) in [6.07, 6.45) is 0.713. The summed E-state index contributed by atoms with van der Waals surface area (Å²) in [5.74, 6) is -0.989. The molecule has 0 saturated heterocycles. The van der Waals surface area contributed by atoms with Gasteiger partial charge < -0.3 is 10.2 Å². The van der Waals surface area contributed by atoms with E-state index in [2.05, 4.69) is 5.32 Å². The number of sulfonamides is 1. The molecular weight excluding hydrogens is 581 g/mol. The van der Waals surface area contributed by atoms with Crippen molar-refractivity contribution in [3.05, 3.63) is 92.9 Å². The predicted octanol–water partition coefficient (Wildman–Crippen LogP) is 6.09. The zero-order valence-electron chi connectivity index (χ0n) is 21.8. The van der Waals surface area contributed by atoms with Crippen molar-refractivity contribution < 1.29 is 18.0 Å². The number of para-hydroxylation sites is 1. The Morgan fingerprint density at radius 2 is 1.62 bits per heavy atom. The van der Waals surface area contributed by atoms with Gasteiger partial charge in [-0.05, 0) is 62.2 Å². The van der Waals surface area contributed by atoms with E-state index >= 15 is 0 Å². The van der Waals surface area contributed by atoms with Crippen molar-refractivity contribution in [2.24, 2.45) is 0 Å². The van der Waals surface area contributed by atoms with Gasteiger partial charge in [-0.2, -0.15) is 0 Å². The van der Waals surface area contributed by atoms with Crippen LogP contribution >= 0.6 is 34.8 Å². The van der Waals surface area contributed by atoms with Crippen molar-refractivity contribution in [1.82, 2.24) is 10.2 Å². The number of halogens is 3. The summed E-state index contributed by atoms with van der Waals surface area (Å²) >= 11 is 18.8. The third-order valence-corrected chi connectivity index (χ3v) is 8.76. The molecule has 0 saturated carbocycles. The number of nitrogens with one attached hydrogen (secondary N) is 1. The van der Waals surface area contributed by atoms with Gasteiger partial charge in [0.1, 0.15) is 12.6 Å². The molecule has 11 heteroatoms. The SMILES string of the molecule is CCCNC(=O)[C@H](C)N(Cc1ccc(Cl)cc1Cl)C(=O)CN(c1ccccc1Cl)S(=O)(=O)c1ccc(C)cc1. The third-order valence-electron chi connectivity index (χ3n) is 6.08. The first kappa shape index (κ1) is 30.8. The standard InChI is InChI=1S/C28H30Cl3N3O4S/c1-4-15-32-28(36)20(3)33(17-21-11-12-22(29)16-25(21)31)27(35)18-34(26-8-6-5-7-24(26)30)39(37,38)23-13-9-19(2)10-14-23/h5-14,16,20H,4,15,17-18H2,1-3H3,(H,32,36)/t20-/m0/s1. The maximum Gasteiger partial charge on any atom is 0.264 e. The number of hydrogen-bond acceptors (Lipinski definition) is 4. The van der Waals surface area contributed by atoms with E-state index in [9.17, 15) is 18.0 Å². The molecule has 0 spiro atoms. The molecule has 0 radical (unpaired) electrons. The van der Waals surface area contributed by atoms with Crippen molar-refractivity contribution in [3.63, 3.8) is 0 Å². The van der Waals surface area contributed by atoms with Crippen molar-refractivity contribution in [1.29, 1.82) is 0 Å². The van der Waals surface area contributed by atoms with Crippen molar-refractivity contribution in [2.75, 3.05) is 17.4 Å². The second-order valence-corrected chi connectivity index (χ2v) is 12.1. The molecule has 39 heavy (non-hydrogen) atoms. The summed E-state index contributed by atoms with van der Waals surface area (Å²) in [5.41, 5.74) is 1.57. The summed E-state index contributed by atoms with van der Waals surface area (Å²) in [6, 6.07) is 16.6. The van der Waals surface area contributed by atoms with E-state index in [-0.39, 0.29) is 28.1 Å². The minimum atomic E-state index is -4.21. The Labute approximate surface area is 244 Å². The molecule has 0 unspecified atom stereocenters. The fraction of sp³-hybridized carbons (Fsp3) is 0.286. The van der Waals surface area contributed by atoms with Gasteiger partial charge in [-0.3, -0.25) is 13.9 Å². The molecule has 0 aliphatic heterocycles. The first-order valence-corrected chi connectivity index (χ1v) is 14.9. The van der Waals surface area contributed by atoms with Gasteiger partial charge in [0.15, 0.2) is 0 Å². The third kappa shape index (κ3) is 7.66. The van der Waals surface area contributed by atoms with Gasteiger partial charge in [0.25, 0.3) is 10.0 Å². The Bertz CT molecular complexity index is 1430. The van der Waals surface area contributed by atoms with Crippen LogP contribution in [-0.2, 0) is 26.2 Å². The Hall–Kier alpha value is -2.78. The second-order valence-electron chi connectivity index (χ2n) is 9.00. The number of anilines is 1.